The zero-order valence-electron chi connectivity index (χ0n) is 10.9. The van der Waals surface area contributed by atoms with Crippen molar-refractivity contribution in [2.24, 2.45) is 5.92 Å². The van der Waals surface area contributed by atoms with Gasteiger partial charge in [-0.2, -0.15) is 0 Å². The van der Waals surface area contributed by atoms with Crippen LogP contribution in [0.2, 0.25) is 0 Å². The maximum absolute atomic E-state index is 11.8. The van der Waals surface area contributed by atoms with E-state index in [4.69, 9.17) is 5.11 Å². The number of aliphatic hydroxyl groups is 1. The summed E-state index contributed by atoms with van der Waals surface area (Å²) in [6.07, 6.45) is 2.47. The Labute approximate surface area is 110 Å². The van der Waals surface area contributed by atoms with E-state index >= 15 is 0 Å². The molecule has 1 unspecified atom stereocenters. The molecule has 1 heterocycles. The molecular weight excluding hydrogens is 250 g/mol. The number of amides is 1. The van der Waals surface area contributed by atoms with Gasteiger partial charge in [0.1, 0.15) is 5.69 Å². The molecule has 0 aliphatic carbocycles. The lowest BCUT2D eigenvalue weighted by atomic mass is 10.0. The summed E-state index contributed by atoms with van der Waals surface area (Å²) in [6.45, 7) is 2.50. The smallest absolute Gasteiger partial charge is 0.326 e. The average molecular weight is 269 g/mol. The summed E-state index contributed by atoms with van der Waals surface area (Å²) in [5.74, 6) is -0.310. The third kappa shape index (κ3) is 5.09. The lowest BCUT2D eigenvalue weighted by Crippen LogP contribution is -2.33. The molecule has 0 spiro atoms. The minimum atomic E-state index is -0.710. The van der Waals surface area contributed by atoms with Crippen LogP contribution in [0.5, 0.6) is 0 Å². The van der Waals surface area contributed by atoms with Crippen LogP contribution in [0.1, 0.15) is 36.7 Å². The van der Waals surface area contributed by atoms with Crippen LogP contribution in [-0.2, 0) is 0 Å². The molecule has 1 aromatic heterocycles. The normalized spacial score (nSPS) is 12.1. The highest BCUT2D eigenvalue weighted by atomic mass is 16.3. The molecule has 0 radical (unpaired) electrons. The van der Waals surface area contributed by atoms with Gasteiger partial charge in [0, 0.05) is 19.2 Å². The van der Waals surface area contributed by atoms with Gasteiger partial charge in [-0.15, -0.1) is 0 Å². The fraction of sp³-hybridized carbons (Fsp3) is 0.583. The van der Waals surface area contributed by atoms with Gasteiger partial charge in [-0.05, 0) is 18.8 Å². The second kappa shape index (κ2) is 7.52. The summed E-state index contributed by atoms with van der Waals surface area (Å²) in [4.78, 5) is 38.1. The minimum Gasteiger partial charge on any atom is -0.396 e. The lowest BCUT2D eigenvalue weighted by molar-refractivity contribution is 0.0937. The van der Waals surface area contributed by atoms with Gasteiger partial charge in [0.25, 0.3) is 11.5 Å². The molecule has 1 atom stereocenters. The van der Waals surface area contributed by atoms with Crippen LogP contribution in [0.15, 0.2) is 15.7 Å². The van der Waals surface area contributed by atoms with Gasteiger partial charge >= 0.3 is 5.69 Å². The summed E-state index contributed by atoms with van der Waals surface area (Å²) < 4.78 is 0. The molecule has 7 heteroatoms. The Morgan fingerprint density at radius 1 is 1.37 bits per heavy atom. The van der Waals surface area contributed by atoms with Crippen LogP contribution in [0.25, 0.3) is 0 Å². The van der Waals surface area contributed by atoms with E-state index in [0.717, 1.165) is 18.9 Å². The number of carbonyl (C=O) groups excluding carboxylic acids is 1. The van der Waals surface area contributed by atoms with E-state index in [-0.39, 0.29) is 18.2 Å². The monoisotopic (exact) mass is 269 g/mol. The van der Waals surface area contributed by atoms with E-state index in [1.165, 1.54) is 0 Å². The molecule has 7 nitrogen and oxygen atoms in total. The highest BCUT2D eigenvalue weighted by Crippen LogP contribution is 2.09. The number of hydrogen-bond donors (Lipinski definition) is 4. The third-order valence-electron chi connectivity index (χ3n) is 2.79. The standard InChI is InChI=1S/C12H19N3O4/c1-2-3-8(4-5-16)7-13-11(18)9-6-10(17)15-12(19)14-9/h6,8,16H,2-5,7H2,1H3,(H,13,18)(H2,14,15,17,19). The van der Waals surface area contributed by atoms with E-state index in [1.54, 1.807) is 0 Å². The van der Waals surface area contributed by atoms with Crippen molar-refractivity contribution in [1.82, 2.24) is 15.3 Å². The summed E-state index contributed by atoms with van der Waals surface area (Å²) in [5.41, 5.74) is -1.39. The molecule has 0 aromatic carbocycles. The van der Waals surface area contributed by atoms with Crippen molar-refractivity contribution in [2.75, 3.05) is 13.2 Å². The topological polar surface area (TPSA) is 115 Å². The van der Waals surface area contributed by atoms with Crippen molar-refractivity contribution < 1.29 is 9.90 Å². The molecule has 0 bridgehead atoms. The van der Waals surface area contributed by atoms with Crippen LogP contribution >= 0.6 is 0 Å². The Kier molecular flexibility index (Phi) is 6.01. The van der Waals surface area contributed by atoms with Crippen molar-refractivity contribution in [2.45, 2.75) is 26.2 Å². The predicted molar refractivity (Wildman–Crippen MR) is 70.1 cm³/mol. The molecule has 4 N–H and O–H groups in total. The molecule has 0 saturated heterocycles. The van der Waals surface area contributed by atoms with Gasteiger partial charge in [0.15, 0.2) is 0 Å². The second-order valence-corrected chi connectivity index (χ2v) is 4.38. The van der Waals surface area contributed by atoms with Gasteiger partial charge in [0.05, 0.1) is 0 Å². The molecule has 1 aromatic rings. The fourth-order valence-electron chi connectivity index (χ4n) is 1.86. The van der Waals surface area contributed by atoms with Crippen LogP contribution in [0.3, 0.4) is 0 Å². The van der Waals surface area contributed by atoms with Gasteiger partial charge in [-0.3, -0.25) is 14.6 Å². The van der Waals surface area contributed by atoms with Crippen molar-refractivity contribution in [3.63, 3.8) is 0 Å². The maximum atomic E-state index is 11.8. The number of aromatic nitrogens is 2. The molecule has 0 aliphatic heterocycles. The first-order valence-corrected chi connectivity index (χ1v) is 6.29. The van der Waals surface area contributed by atoms with Crippen molar-refractivity contribution >= 4 is 5.91 Å². The van der Waals surface area contributed by atoms with Crippen molar-refractivity contribution in [3.8, 4) is 0 Å². The summed E-state index contributed by atoms with van der Waals surface area (Å²) in [5, 5.41) is 11.6. The van der Waals surface area contributed by atoms with Gasteiger partial charge < -0.3 is 15.4 Å². The molecule has 1 amide bonds. The Morgan fingerprint density at radius 2 is 2.11 bits per heavy atom. The summed E-state index contributed by atoms with van der Waals surface area (Å²) in [7, 11) is 0. The minimum absolute atomic E-state index is 0.0620. The number of H-pyrrole nitrogens is 2. The average Bonchev–Trinajstić information content (AvgIpc) is 2.35. The number of rotatable bonds is 7. The Bertz CT molecular complexity index is 486. The summed E-state index contributed by atoms with van der Waals surface area (Å²) in [6, 6.07) is 1.04. The van der Waals surface area contributed by atoms with Gasteiger partial charge in [-0.1, -0.05) is 13.3 Å². The zero-order valence-corrected chi connectivity index (χ0v) is 10.9. The van der Waals surface area contributed by atoms with Crippen LogP contribution < -0.4 is 16.6 Å². The molecule has 0 saturated carbocycles. The first-order chi connectivity index (χ1) is 9.06. The number of nitrogens with one attached hydrogen (secondary N) is 3. The molecule has 1 rings (SSSR count). The van der Waals surface area contributed by atoms with Crippen molar-refractivity contribution in [3.05, 3.63) is 32.6 Å². The Hall–Kier alpha value is -1.89. The fourth-order valence-corrected chi connectivity index (χ4v) is 1.86. The molecule has 0 aliphatic rings. The van der Waals surface area contributed by atoms with Crippen LogP contribution in [0, 0.1) is 5.92 Å². The summed E-state index contributed by atoms with van der Waals surface area (Å²) >= 11 is 0. The molecular formula is C12H19N3O4. The van der Waals surface area contributed by atoms with Crippen LogP contribution in [0.4, 0.5) is 0 Å². The Morgan fingerprint density at radius 3 is 2.68 bits per heavy atom. The Balaban J connectivity index is 2.63. The lowest BCUT2D eigenvalue weighted by Gasteiger charge is -2.15. The van der Waals surface area contributed by atoms with Crippen LogP contribution in [-0.4, -0.2) is 34.1 Å². The van der Waals surface area contributed by atoms with E-state index in [1.807, 2.05) is 11.9 Å². The number of hydrogen-bond acceptors (Lipinski definition) is 4. The number of carbonyl (C=O) groups is 1. The van der Waals surface area contributed by atoms with Crippen molar-refractivity contribution in [1.29, 1.82) is 0 Å². The van der Waals surface area contributed by atoms with Gasteiger partial charge in [0.2, 0.25) is 0 Å². The number of aromatic amines is 2. The highest BCUT2D eigenvalue weighted by Gasteiger charge is 2.12. The largest absolute Gasteiger partial charge is 0.396 e. The second-order valence-electron chi connectivity index (χ2n) is 4.38. The van der Waals surface area contributed by atoms with E-state index in [9.17, 15) is 14.4 Å². The maximum Gasteiger partial charge on any atom is 0.326 e. The molecule has 0 fully saturated rings. The van der Waals surface area contributed by atoms with E-state index in [2.05, 4.69) is 10.3 Å². The molecule has 106 valence electrons. The number of aliphatic hydroxyl groups excluding tert-OH is 1. The van der Waals surface area contributed by atoms with Gasteiger partial charge in [-0.25, -0.2) is 4.79 Å². The quantitative estimate of drug-likeness (QED) is 0.538. The predicted octanol–water partition coefficient (Wildman–Crippen LogP) is -0.408. The van der Waals surface area contributed by atoms with E-state index in [0.29, 0.717) is 13.0 Å². The highest BCUT2D eigenvalue weighted by molar-refractivity contribution is 5.91. The molecule has 19 heavy (non-hydrogen) atoms. The first kappa shape index (κ1) is 15.2. The zero-order chi connectivity index (χ0) is 14.3. The first-order valence-electron chi connectivity index (χ1n) is 6.29. The SMILES string of the molecule is CCCC(CCO)CNC(=O)c1cc(=O)[nH]c(=O)[nH]1. The van der Waals surface area contributed by atoms with E-state index < -0.39 is 17.2 Å². The third-order valence-corrected chi connectivity index (χ3v) is 2.79.